The Labute approximate surface area is 281 Å². The molecule has 5 nitrogen and oxygen atoms in total. The SMILES string of the molecule is c1ccc(-c2nc3ccccc3n2-c2nc(-c3ccc4c5ccccc5c5ccccc5c4c3)nc(-c3cccc4ccccc34)n2)cc1. The average molecular weight is 626 g/mol. The lowest BCUT2D eigenvalue weighted by Gasteiger charge is -2.14. The highest BCUT2D eigenvalue weighted by Crippen LogP contribution is 2.38. The van der Waals surface area contributed by atoms with E-state index in [9.17, 15) is 0 Å². The number of fused-ring (bicyclic) bond motifs is 8. The Bertz CT molecular complexity index is 2850. The minimum atomic E-state index is 0.518. The number of aromatic nitrogens is 5. The van der Waals surface area contributed by atoms with Gasteiger partial charge in [-0.15, -0.1) is 0 Å². The van der Waals surface area contributed by atoms with Crippen molar-refractivity contribution in [1.82, 2.24) is 24.5 Å². The maximum absolute atomic E-state index is 5.24. The van der Waals surface area contributed by atoms with Gasteiger partial charge in [0.15, 0.2) is 11.6 Å². The normalized spacial score (nSPS) is 11.7. The third-order valence-corrected chi connectivity index (χ3v) is 9.45. The van der Waals surface area contributed by atoms with E-state index in [1.807, 2.05) is 36.4 Å². The highest BCUT2D eigenvalue weighted by molar-refractivity contribution is 6.25. The summed E-state index contributed by atoms with van der Waals surface area (Å²) in [5, 5.41) is 9.49. The Morgan fingerprint density at radius 3 is 1.73 bits per heavy atom. The van der Waals surface area contributed by atoms with Gasteiger partial charge in [-0.25, -0.2) is 9.97 Å². The molecule has 0 aliphatic carbocycles. The van der Waals surface area contributed by atoms with E-state index in [-0.39, 0.29) is 0 Å². The van der Waals surface area contributed by atoms with E-state index in [4.69, 9.17) is 19.9 Å². The molecule has 2 heterocycles. The van der Waals surface area contributed by atoms with Gasteiger partial charge < -0.3 is 0 Å². The third-order valence-electron chi connectivity index (χ3n) is 9.45. The number of hydrogen-bond donors (Lipinski definition) is 0. The standard InChI is InChI=1S/C44H27N5/c1-2-14-29(15-3-1)43-45-39-23-10-11-24-40(39)49(43)44-47-41(46-42(48-44)37-22-12-16-28-13-4-5-17-31(28)37)30-25-26-36-34-20-7-6-18-32(34)33-19-8-9-21-35(33)38(36)27-30/h1-27H. The summed E-state index contributed by atoms with van der Waals surface area (Å²) in [5.74, 6) is 2.50. The van der Waals surface area contributed by atoms with Crippen LogP contribution in [0.25, 0.3) is 94.2 Å². The highest BCUT2D eigenvalue weighted by Gasteiger charge is 2.20. The minimum absolute atomic E-state index is 0.518. The van der Waals surface area contributed by atoms with Crippen molar-refractivity contribution in [1.29, 1.82) is 0 Å². The van der Waals surface area contributed by atoms with Gasteiger partial charge >= 0.3 is 0 Å². The quantitative estimate of drug-likeness (QED) is 0.183. The largest absolute Gasteiger partial charge is 0.260 e. The van der Waals surface area contributed by atoms with Crippen LogP contribution in [-0.2, 0) is 0 Å². The second-order valence-electron chi connectivity index (χ2n) is 12.3. The van der Waals surface area contributed by atoms with Gasteiger partial charge in [0.25, 0.3) is 0 Å². The van der Waals surface area contributed by atoms with E-state index in [1.165, 1.54) is 32.3 Å². The number of imidazole rings is 1. The molecule has 49 heavy (non-hydrogen) atoms. The molecule has 0 saturated carbocycles. The van der Waals surface area contributed by atoms with Gasteiger partial charge in [-0.2, -0.15) is 9.97 Å². The molecule has 228 valence electrons. The number of hydrogen-bond acceptors (Lipinski definition) is 4. The highest BCUT2D eigenvalue weighted by atomic mass is 15.2. The van der Waals surface area contributed by atoms with E-state index < -0.39 is 0 Å². The van der Waals surface area contributed by atoms with Crippen molar-refractivity contribution >= 4 is 54.1 Å². The second kappa shape index (κ2) is 10.9. The molecule has 0 saturated heterocycles. The second-order valence-corrected chi connectivity index (χ2v) is 12.3. The lowest BCUT2D eigenvalue weighted by atomic mass is 9.93. The molecule has 5 heteroatoms. The molecule has 0 spiro atoms. The van der Waals surface area contributed by atoms with E-state index in [2.05, 4.69) is 132 Å². The van der Waals surface area contributed by atoms with Crippen LogP contribution in [0, 0.1) is 0 Å². The molecule has 0 amide bonds. The first-order valence-corrected chi connectivity index (χ1v) is 16.4. The van der Waals surface area contributed by atoms with E-state index >= 15 is 0 Å². The number of rotatable bonds is 4. The van der Waals surface area contributed by atoms with E-state index in [0.29, 0.717) is 17.6 Å². The van der Waals surface area contributed by atoms with E-state index in [0.717, 1.165) is 44.3 Å². The van der Waals surface area contributed by atoms with Crippen LogP contribution >= 0.6 is 0 Å². The van der Waals surface area contributed by atoms with Crippen LogP contribution in [0.4, 0.5) is 0 Å². The van der Waals surface area contributed by atoms with Gasteiger partial charge in [0.1, 0.15) is 5.82 Å². The van der Waals surface area contributed by atoms with Crippen molar-refractivity contribution < 1.29 is 0 Å². The minimum Gasteiger partial charge on any atom is -0.260 e. The first kappa shape index (κ1) is 27.4. The predicted octanol–water partition coefficient (Wildman–Crippen LogP) is 10.8. The zero-order valence-electron chi connectivity index (χ0n) is 26.3. The monoisotopic (exact) mass is 625 g/mol. The summed E-state index contributed by atoms with van der Waals surface area (Å²) in [6.07, 6.45) is 0. The first-order chi connectivity index (χ1) is 24.3. The predicted molar refractivity (Wildman–Crippen MR) is 201 cm³/mol. The molecule has 10 aromatic rings. The summed E-state index contributed by atoms with van der Waals surface area (Å²) in [6, 6.07) is 56.9. The van der Waals surface area contributed by atoms with Crippen molar-refractivity contribution in [3.8, 4) is 40.1 Å². The number of para-hydroxylation sites is 2. The Kier molecular flexibility index (Phi) is 6.11. The molecule has 0 aliphatic rings. The van der Waals surface area contributed by atoms with Crippen molar-refractivity contribution in [2.75, 3.05) is 0 Å². The molecule has 2 aromatic heterocycles. The van der Waals surface area contributed by atoms with Gasteiger partial charge in [0, 0.05) is 16.7 Å². The average Bonchev–Trinajstić information content (AvgIpc) is 3.58. The van der Waals surface area contributed by atoms with Crippen LogP contribution in [-0.4, -0.2) is 24.5 Å². The van der Waals surface area contributed by atoms with Crippen molar-refractivity contribution in [3.63, 3.8) is 0 Å². The fraction of sp³-hybridized carbons (Fsp3) is 0. The Balaban J connectivity index is 1.29. The lowest BCUT2D eigenvalue weighted by molar-refractivity contribution is 0.930. The Hall–Kier alpha value is -6.72. The summed E-state index contributed by atoms with van der Waals surface area (Å²) in [5.41, 5.74) is 4.66. The zero-order valence-corrected chi connectivity index (χ0v) is 26.3. The summed E-state index contributed by atoms with van der Waals surface area (Å²) < 4.78 is 2.06. The molecule has 10 rings (SSSR count). The molecule has 0 unspecified atom stereocenters. The third kappa shape index (κ3) is 4.40. The zero-order chi connectivity index (χ0) is 32.3. The fourth-order valence-corrected chi connectivity index (χ4v) is 7.19. The molecule has 0 N–H and O–H groups in total. The van der Waals surface area contributed by atoms with Crippen molar-refractivity contribution in [2.24, 2.45) is 0 Å². The Morgan fingerprint density at radius 1 is 0.367 bits per heavy atom. The number of benzene rings is 8. The lowest BCUT2D eigenvalue weighted by Crippen LogP contribution is -2.08. The van der Waals surface area contributed by atoms with Crippen LogP contribution in [0.5, 0.6) is 0 Å². The van der Waals surface area contributed by atoms with Gasteiger partial charge in [-0.1, -0.05) is 146 Å². The molecule has 0 fully saturated rings. The molecular weight excluding hydrogens is 599 g/mol. The van der Waals surface area contributed by atoms with Gasteiger partial charge in [0.05, 0.1) is 11.0 Å². The van der Waals surface area contributed by atoms with E-state index in [1.54, 1.807) is 0 Å². The summed E-state index contributed by atoms with van der Waals surface area (Å²) in [7, 11) is 0. The molecule has 0 radical (unpaired) electrons. The van der Waals surface area contributed by atoms with Crippen LogP contribution < -0.4 is 0 Å². The number of nitrogens with zero attached hydrogens (tertiary/aromatic N) is 5. The summed E-state index contributed by atoms with van der Waals surface area (Å²) >= 11 is 0. The van der Waals surface area contributed by atoms with Crippen LogP contribution in [0.3, 0.4) is 0 Å². The van der Waals surface area contributed by atoms with Gasteiger partial charge in [-0.3, -0.25) is 4.57 Å². The van der Waals surface area contributed by atoms with Crippen molar-refractivity contribution in [2.45, 2.75) is 0 Å². The van der Waals surface area contributed by atoms with Crippen LogP contribution in [0.15, 0.2) is 164 Å². The molecule has 0 bridgehead atoms. The van der Waals surface area contributed by atoms with Crippen LogP contribution in [0.1, 0.15) is 0 Å². The smallest absolute Gasteiger partial charge is 0.240 e. The molecular formula is C44H27N5. The topological polar surface area (TPSA) is 56.5 Å². The van der Waals surface area contributed by atoms with Gasteiger partial charge in [-0.05, 0) is 61.3 Å². The van der Waals surface area contributed by atoms with Crippen LogP contribution in [0.2, 0.25) is 0 Å². The van der Waals surface area contributed by atoms with Gasteiger partial charge in [0.2, 0.25) is 5.95 Å². The summed E-state index contributed by atoms with van der Waals surface area (Å²) in [6.45, 7) is 0. The van der Waals surface area contributed by atoms with Crippen molar-refractivity contribution in [3.05, 3.63) is 164 Å². The fourth-order valence-electron chi connectivity index (χ4n) is 7.19. The molecule has 8 aromatic carbocycles. The summed E-state index contributed by atoms with van der Waals surface area (Å²) in [4.78, 5) is 20.7. The molecule has 0 aliphatic heterocycles. The molecule has 0 atom stereocenters. The first-order valence-electron chi connectivity index (χ1n) is 16.4. The maximum Gasteiger partial charge on any atom is 0.240 e. The maximum atomic E-state index is 5.24. The Morgan fingerprint density at radius 2 is 0.959 bits per heavy atom.